The first-order valence-corrected chi connectivity index (χ1v) is 3.45. The molecular formula is C8H9NS. The molecule has 0 fully saturated rings. The van der Waals surface area contributed by atoms with Crippen LogP contribution in [-0.2, 0) is 0 Å². The number of aryl methyl sites for hydroxylation is 1. The number of nitrogens with zero attached hydrogens (tertiary/aromatic N) is 1. The Hall–Kier alpha value is -0.760. The third kappa shape index (κ3) is 1.39. The molecule has 1 aromatic carbocycles. The molecular weight excluding hydrogens is 142 g/mol. The Morgan fingerprint density at radius 1 is 1.50 bits per heavy atom. The standard InChI is InChI=1S/C8H9NS/c1-6-3-4-7(9-2)8(10)5-6/h3-5,10H,2H2,1H3. The molecule has 0 bridgehead atoms. The first kappa shape index (κ1) is 7.35. The Morgan fingerprint density at radius 2 is 2.20 bits per heavy atom. The highest BCUT2D eigenvalue weighted by molar-refractivity contribution is 7.80. The van der Waals surface area contributed by atoms with Crippen LogP contribution < -0.4 is 0 Å². The Morgan fingerprint density at radius 3 is 2.70 bits per heavy atom. The van der Waals surface area contributed by atoms with E-state index in [9.17, 15) is 0 Å². The number of thiol groups is 1. The van der Waals surface area contributed by atoms with E-state index >= 15 is 0 Å². The molecule has 1 nitrogen and oxygen atoms in total. The maximum Gasteiger partial charge on any atom is 0.0755 e. The van der Waals surface area contributed by atoms with E-state index in [2.05, 4.69) is 24.3 Å². The van der Waals surface area contributed by atoms with Crippen molar-refractivity contribution in [1.82, 2.24) is 0 Å². The van der Waals surface area contributed by atoms with Crippen molar-refractivity contribution in [2.45, 2.75) is 11.8 Å². The molecule has 0 atom stereocenters. The quantitative estimate of drug-likeness (QED) is 0.468. The summed E-state index contributed by atoms with van der Waals surface area (Å²) >= 11 is 4.21. The summed E-state index contributed by atoms with van der Waals surface area (Å²) in [5.41, 5.74) is 2.03. The average Bonchev–Trinajstić information content (AvgIpc) is 1.88. The van der Waals surface area contributed by atoms with Gasteiger partial charge in [-0.3, -0.25) is 4.99 Å². The molecule has 1 aromatic rings. The van der Waals surface area contributed by atoms with E-state index in [0.29, 0.717) is 0 Å². The minimum absolute atomic E-state index is 0.842. The van der Waals surface area contributed by atoms with Crippen molar-refractivity contribution in [2.75, 3.05) is 0 Å². The molecule has 0 aliphatic carbocycles. The lowest BCUT2D eigenvalue weighted by molar-refractivity contribution is 1.33. The highest BCUT2D eigenvalue weighted by Crippen LogP contribution is 2.22. The molecule has 0 amide bonds. The highest BCUT2D eigenvalue weighted by atomic mass is 32.1. The summed E-state index contributed by atoms with van der Waals surface area (Å²) in [6, 6.07) is 5.86. The Bertz CT molecular complexity index is 255. The van der Waals surface area contributed by atoms with Crippen LogP contribution in [0.1, 0.15) is 5.56 Å². The predicted octanol–water partition coefficient (Wildman–Crippen LogP) is 2.62. The van der Waals surface area contributed by atoms with Crippen LogP contribution in [0.4, 0.5) is 5.69 Å². The van der Waals surface area contributed by atoms with E-state index in [1.54, 1.807) is 0 Å². The molecule has 0 aliphatic heterocycles. The van der Waals surface area contributed by atoms with E-state index in [0.717, 1.165) is 10.6 Å². The number of benzene rings is 1. The largest absolute Gasteiger partial charge is 0.264 e. The van der Waals surface area contributed by atoms with Gasteiger partial charge in [-0.2, -0.15) is 0 Å². The van der Waals surface area contributed by atoms with Gasteiger partial charge in [0.15, 0.2) is 0 Å². The summed E-state index contributed by atoms with van der Waals surface area (Å²) in [5, 5.41) is 0. The van der Waals surface area contributed by atoms with Crippen LogP contribution in [0.25, 0.3) is 0 Å². The van der Waals surface area contributed by atoms with Crippen LogP contribution >= 0.6 is 12.6 Å². The van der Waals surface area contributed by atoms with Gasteiger partial charge in [0, 0.05) is 4.90 Å². The van der Waals surface area contributed by atoms with Crippen molar-refractivity contribution in [3.05, 3.63) is 23.8 Å². The zero-order valence-corrected chi connectivity index (χ0v) is 6.73. The number of aliphatic imine (C=N–C) groups is 1. The van der Waals surface area contributed by atoms with Crippen LogP contribution in [0.5, 0.6) is 0 Å². The number of hydrogen-bond acceptors (Lipinski definition) is 2. The van der Waals surface area contributed by atoms with Crippen molar-refractivity contribution >= 4 is 25.0 Å². The topological polar surface area (TPSA) is 12.4 Å². The molecule has 0 unspecified atom stereocenters. The van der Waals surface area contributed by atoms with Gasteiger partial charge in [0.05, 0.1) is 5.69 Å². The zero-order valence-electron chi connectivity index (χ0n) is 5.83. The van der Waals surface area contributed by atoms with Crippen LogP contribution in [0.3, 0.4) is 0 Å². The summed E-state index contributed by atoms with van der Waals surface area (Å²) < 4.78 is 0. The molecule has 0 saturated heterocycles. The summed E-state index contributed by atoms with van der Waals surface area (Å²) in [7, 11) is 0. The Labute approximate surface area is 66.2 Å². The molecule has 1 rings (SSSR count). The smallest absolute Gasteiger partial charge is 0.0755 e. The molecule has 0 N–H and O–H groups in total. The molecule has 0 saturated carbocycles. The van der Waals surface area contributed by atoms with Gasteiger partial charge in [-0.25, -0.2) is 0 Å². The summed E-state index contributed by atoms with van der Waals surface area (Å²) in [4.78, 5) is 4.67. The lowest BCUT2D eigenvalue weighted by Gasteiger charge is -1.97. The maximum absolute atomic E-state index is 4.21. The molecule has 52 valence electrons. The molecule has 0 aliphatic rings. The molecule has 0 heterocycles. The van der Waals surface area contributed by atoms with Crippen molar-refractivity contribution < 1.29 is 0 Å². The Balaban J connectivity index is 3.19. The van der Waals surface area contributed by atoms with Gasteiger partial charge in [-0.05, 0) is 31.3 Å². The SMILES string of the molecule is C=Nc1ccc(C)cc1S. The zero-order chi connectivity index (χ0) is 7.56. The minimum Gasteiger partial charge on any atom is -0.264 e. The van der Waals surface area contributed by atoms with Crippen molar-refractivity contribution in [3.63, 3.8) is 0 Å². The second kappa shape index (κ2) is 2.88. The lowest BCUT2D eigenvalue weighted by Crippen LogP contribution is -1.72. The van der Waals surface area contributed by atoms with Crippen LogP contribution in [0.15, 0.2) is 28.1 Å². The van der Waals surface area contributed by atoms with E-state index in [1.165, 1.54) is 5.56 Å². The monoisotopic (exact) mass is 151 g/mol. The van der Waals surface area contributed by atoms with E-state index in [4.69, 9.17) is 0 Å². The van der Waals surface area contributed by atoms with E-state index in [-0.39, 0.29) is 0 Å². The van der Waals surface area contributed by atoms with Gasteiger partial charge in [0.25, 0.3) is 0 Å². The molecule has 0 aromatic heterocycles. The second-order valence-corrected chi connectivity index (χ2v) is 2.63. The third-order valence-electron chi connectivity index (χ3n) is 1.30. The fraction of sp³-hybridized carbons (Fsp3) is 0.125. The number of hydrogen-bond donors (Lipinski definition) is 1. The van der Waals surface area contributed by atoms with Gasteiger partial charge in [-0.15, -0.1) is 12.6 Å². The van der Waals surface area contributed by atoms with Gasteiger partial charge in [0.1, 0.15) is 0 Å². The van der Waals surface area contributed by atoms with E-state index in [1.807, 2.05) is 25.1 Å². The minimum atomic E-state index is 0.842. The summed E-state index contributed by atoms with van der Waals surface area (Å²) in [6.45, 7) is 5.44. The van der Waals surface area contributed by atoms with E-state index < -0.39 is 0 Å². The lowest BCUT2D eigenvalue weighted by atomic mass is 10.2. The van der Waals surface area contributed by atoms with Crippen molar-refractivity contribution in [2.24, 2.45) is 4.99 Å². The predicted molar refractivity (Wildman–Crippen MR) is 47.6 cm³/mol. The van der Waals surface area contributed by atoms with Crippen LogP contribution in [0, 0.1) is 6.92 Å². The summed E-state index contributed by atoms with van der Waals surface area (Å²) in [5.74, 6) is 0. The van der Waals surface area contributed by atoms with Gasteiger partial charge < -0.3 is 0 Å². The highest BCUT2D eigenvalue weighted by Gasteiger charge is 1.93. The van der Waals surface area contributed by atoms with Crippen LogP contribution in [0.2, 0.25) is 0 Å². The molecule has 2 heteroatoms. The molecule has 0 radical (unpaired) electrons. The fourth-order valence-electron chi connectivity index (χ4n) is 0.767. The molecule has 10 heavy (non-hydrogen) atoms. The van der Waals surface area contributed by atoms with Crippen molar-refractivity contribution in [3.8, 4) is 0 Å². The number of rotatable bonds is 1. The first-order chi connectivity index (χ1) is 4.74. The van der Waals surface area contributed by atoms with Gasteiger partial charge >= 0.3 is 0 Å². The van der Waals surface area contributed by atoms with Crippen molar-refractivity contribution in [1.29, 1.82) is 0 Å². The normalized spacial score (nSPS) is 9.40. The Kier molecular flexibility index (Phi) is 2.12. The molecule has 0 spiro atoms. The summed E-state index contributed by atoms with van der Waals surface area (Å²) in [6.07, 6.45) is 0. The van der Waals surface area contributed by atoms with Gasteiger partial charge in [-0.1, -0.05) is 6.07 Å². The fourth-order valence-corrected chi connectivity index (χ4v) is 1.12. The van der Waals surface area contributed by atoms with Gasteiger partial charge in [0.2, 0.25) is 0 Å². The van der Waals surface area contributed by atoms with Crippen LogP contribution in [-0.4, -0.2) is 6.72 Å². The second-order valence-electron chi connectivity index (χ2n) is 2.15. The average molecular weight is 151 g/mol. The maximum atomic E-state index is 4.21. The third-order valence-corrected chi connectivity index (χ3v) is 1.66. The first-order valence-electron chi connectivity index (χ1n) is 3.00.